The van der Waals surface area contributed by atoms with Crippen LogP contribution in [-0.2, 0) is 9.53 Å². The van der Waals surface area contributed by atoms with E-state index in [2.05, 4.69) is 4.98 Å². The molecule has 2 heterocycles. The molecular formula is C17H18N2O4S. The van der Waals surface area contributed by atoms with Gasteiger partial charge < -0.3 is 14.7 Å². The largest absolute Gasteiger partial charge is 0.481 e. The lowest BCUT2D eigenvalue weighted by Gasteiger charge is -2.32. The zero-order chi connectivity index (χ0) is 17.1. The van der Waals surface area contributed by atoms with E-state index in [1.165, 1.54) is 11.3 Å². The predicted molar refractivity (Wildman–Crippen MR) is 90.2 cm³/mol. The number of ether oxygens (including phenoxy) is 1. The number of rotatable bonds is 4. The first-order valence-electron chi connectivity index (χ1n) is 7.70. The molecule has 1 aromatic heterocycles. The van der Waals surface area contributed by atoms with Crippen molar-refractivity contribution in [1.82, 2.24) is 9.88 Å². The molecule has 1 fully saturated rings. The number of aryl methyl sites for hydroxylation is 1. The number of nitrogens with zero attached hydrogens (tertiary/aromatic N) is 2. The Balaban J connectivity index is 1.84. The average Bonchev–Trinajstić information content (AvgIpc) is 2.96. The Morgan fingerprint density at radius 3 is 2.83 bits per heavy atom. The Morgan fingerprint density at radius 2 is 2.12 bits per heavy atom. The molecule has 1 atom stereocenters. The molecule has 1 aromatic carbocycles. The van der Waals surface area contributed by atoms with Crippen molar-refractivity contribution in [2.24, 2.45) is 0 Å². The number of aromatic nitrogens is 1. The minimum Gasteiger partial charge on any atom is -0.481 e. The fourth-order valence-corrected chi connectivity index (χ4v) is 3.64. The molecule has 0 bridgehead atoms. The van der Waals surface area contributed by atoms with Crippen LogP contribution in [0.4, 0.5) is 0 Å². The summed E-state index contributed by atoms with van der Waals surface area (Å²) in [7, 11) is 0. The fraction of sp³-hybridized carbons (Fsp3) is 0.353. The van der Waals surface area contributed by atoms with Crippen molar-refractivity contribution in [3.05, 3.63) is 40.2 Å². The lowest BCUT2D eigenvalue weighted by Crippen LogP contribution is -2.46. The van der Waals surface area contributed by atoms with Gasteiger partial charge in [0.15, 0.2) is 0 Å². The molecule has 1 unspecified atom stereocenters. The Hall–Kier alpha value is -2.25. The van der Waals surface area contributed by atoms with Gasteiger partial charge in [-0.25, -0.2) is 4.98 Å². The van der Waals surface area contributed by atoms with Gasteiger partial charge in [-0.05, 0) is 6.92 Å². The van der Waals surface area contributed by atoms with Crippen molar-refractivity contribution >= 4 is 23.2 Å². The number of thiazole rings is 1. The number of carbonyl (C=O) groups excluding carboxylic acids is 1. The van der Waals surface area contributed by atoms with E-state index in [0.29, 0.717) is 23.7 Å². The number of aliphatic carboxylic acids is 1. The minimum absolute atomic E-state index is 0.100. The predicted octanol–water partition coefficient (Wildman–Crippen LogP) is 2.43. The highest BCUT2D eigenvalue weighted by Gasteiger charge is 2.29. The SMILES string of the molecule is Cc1nc(-c2ccccc2)c(C(=O)N2CCOC(CC(=O)O)C2)s1. The maximum absolute atomic E-state index is 12.9. The standard InChI is InChI=1S/C17H18N2O4S/c1-11-18-15(12-5-3-2-4-6-12)16(24-11)17(22)19-7-8-23-13(10-19)9-14(20)21/h2-6,13H,7-10H2,1H3,(H,20,21). The Labute approximate surface area is 143 Å². The number of carbonyl (C=O) groups is 2. The van der Waals surface area contributed by atoms with Crippen molar-refractivity contribution < 1.29 is 19.4 Å². The number of benzene rings is 1. The molecule has 1 aliphatic rings. The number of hydrogen-bond donors (Lipinski definition) is 1. The Kier molecular flexibility index (Phi) is 4.92. The summed E-state index contributed by atoms with van der Waals surface area (Å²) in [6.45, 7) is 2.97. The van der Waals surface area contributed by atoms with Gasteiger partial charge in [0, 0.05) is 18.7 Å². The Morgan fingerprint density at radius 1 is 1.38 bits per heavy atom. The first-order valence-corrected chi connectivity index (χ1v) is 8.51. The lowest BCUT2D eigenvalue weighted by atomic mass is 10.1. The molecule has 7 heteroatoms. The average molecular weight is 346 g/mol. The van der Waals surface area contributed by atoms with E-state index in [0.717, 1.165) is 10.6 Å². The molecule has 2 aromatic rings. The number of carboxylic acids is 1. The zero-order valence-electron chi connectivity index (χ0n) is 13.3. The molecular weight excluding hydrogens is 328 g/mol. The van der Waals surface area contributed by atoms with Crippen molar-refractivity contribution in [1.29, 1.82) is 0 Å². The molecule has 0 saturated carbocycles. The first kappa shape index (κ1) is 16.6. The summed E-state index contributed by atoms with van der Waals surface area (Å²) in [5, 5.41) is 9.74. The highest BCUT2D eigenvalue weighted by molar-refractivity contribution is 7.14. The van der Waals surface area contributed by atoms with E-state index in [9.17, 15) is 9.59 Å². The molecule has 1 aliphatic heterocycles. The van der Waals surface area contributed by atoms with Gasteiger partial charge in [0.1, 0.15) is 4.88 Å². The van der Waals surface area contributed by atoms with Crippen LogP contribution in [0.2, 0.25) is 0 Å². The second-order valence-electron chi connectivity index (χ2n) is 5.62. The van der Waals surface area contributed by atoms with Crippen LogP contribution in [0.5, 0.6) is 0 Å². The smallest absolute Gasteiger partial charge is 0.306 e. The van der Waals surface area contributed by atoms with E-state index >= 15 is 0 Å². The summed E-state index contributed by atoms with van der Waals surface area (Å²) in [6.07, 6.45) is -0.564. The topological polar surface area (TPSA) is 79.7 Å². The lowest BCUT2D eigenvalue weighted by molar-refractivity contribution is -0.141. The summed E-state index contributed by atoms with van der Waals surface area (Å²) in [6, 6.07) is 9.60. The summed E-state index contributed by atoms with van der Waals surface area (Å²) in [5.74, 6) is -1.04. The highest BCUT2D eigenvalue weighted by Crippen LogP contribution is 2.29. The third kappa shape index (κ3) is 3.63. The maximum Gasteiger partial charge on any atom is 0.306 e. The van der Waals surface area contributed by atoms with Gasteiger partial charge in [-0.3, -0.25) is 9.59 Å². The highest BCUT2D eigenvalue weighted by atomic mass is 32.1. The zero-order valence-corrected chi connectivity index (χ0v) is 14.1. The van der Waals surface area contributed by atoms with Crippen molar-refractivity contribution in [3.63, 3.8) is 0 Å². The molecule has 0 spiro atoms. The van der Waals surface area contributed by atoms with Crippen LogP contribution in [-0.4, -0.2) is 52.7 Å². The molecule has 0 aliphatic carbocycles. The maximum atomic E-state index is 12.9. The number of morpholine rings is 1. The van der Waals surface area contributed by atoms with E-state index in [-0.39, 0.29) is 18.9 Å². The molecule has 1 N–H and O–H groups in total. The molecule has 1 saturated heterocycles. The molecule has 3 rings (SSSR count). The summed E-state index contributed by atoms with van der Waals surface area (Å²) < 4.78 is 5.44. The minimum atomic E-state index is -0.923. The van der Waals surface area contributed by atoms with Crippen LogP contribution >= 0.6 is 11.3 Å². The van der Waals surface area contributed by atoms with Crippen LogP contribution in [0.15, 0.2) is 30.3 Å². The van der Waals surface area contributed by atoms with Gasteiger partial charge in [0.05, 0.1) is 29.8 Å². The van der Waals surface area contributed by atoms with Crippen LogP contribution < -0.4 is 0 Å². The van der Waals surface area contributed by atoms with Crippen molar-refractivity contribution in [2.75, 3.05) is 19.7 Å². The van der Waals surface area contributed by atoms with Gasteiger partial charge in [-0.2, -0.15) is 0 Å². The van der Waals surface area contributed by atoms with E-state index in [1.807, 2.05) is 37.3 Å². The second-order valence-corrected chi connectivity index (χ2v) is 6.82. The summed E-state index contributed by atoms with van der Waals surface area (Å²) >= 11 is 1.37. The van der Waals surface area contributed by atoms with Gasteiger partial charge in [-0.1, -0.05) is 30.3 Å². The third-order valence-electron chi connectivity index (χ3n) is 3.80. The number of carboxylic acid groups (broad SMARTS) is 1. The van der Waals surface area contributed by atoms with Crippen LogP contribution in [0.1, 0.15) is 21.1 Å². The van der Waals surface area contributed by atoms with E-state index in [1.54, 1.807) is 4.90 Å². The van der Waals surface area contributed by atoms with E-state index < -0.39 is 12.1 Å². The monoisotopic (exact) mass is 346 g/mol. The summed E-state index contributed by atoms with van der Waals surface area (Å²) in [5.41, 5.74) is 1.59. The quantitative estimate of drug-likeness (QED) is 0.920. The number of amides is 1. The van der Waals surface area contributed by atoms with Gasteiger partial charge in [0.25, 0.3) is 5.91 Å². The normalized spacial score (nSPS) is 17.7. The number of hydrogen-bond acceptors (Lipinski definition) is 5. The fourth-order valence-electron chi connectivity index (χ4n) is 2.73. The van der Waals surface area contributed by atoms with Crippen LogP contribution in [0, 0.1) is 6.92 Å². The molecule has 1 amide bonds. The van der Waals surface area contributed by atoms with E-state index in [4.69, 9.17) is 9.84 Å². The summed E-state index contributed by atoms with van der Waals surface area (Å²) in [4.78, 5) is 30.6. The third-order valence-corrected chi connectivity index (χ3v) is 4.76. The molecule has 126 valence electrons. The van der Waals surface area contributed by atoms with Crippen molar-refractivity contribution in [3.8, 4) is 11.3 Å². The molecule has 0 radical (unpaired) electrons. The molecule has 6 nitrogen and oxygen atoms in total. The van der Waals surface area contributed by atoms with Crippen LogP contribution in [0.3, 0.4) is 0 Å². The molecule has 24 heavy (non-hydrogen) atoms. The Bertz CT molecular complexity index is 744. The second kappa shape index (κ2) is 7.11. The van der Waals surface area contributed by atoms with Gasteiger partial charge in [-0.15, -0.1) is 11.3 Å². The van der Waals surface area contributed by atoms with Crippen molar-refractivity contribution in [2.45, 2.75) is 19.4 Å². The van der Waals surface area contributed by atoms with Crippen LogP contribution in [0.25, 0.3) is 11.3 Å². The van der Waals surface area contributed by atoms with Gasteiger partial charge in [0.2, 0.25) is 0 Å². The first-order chi connectivity index (χ1) is 11.5. The van der Waals surface area contributed by atoms with Gasteiger partial charge >= 0.3 is 5.97 Å².